The molecule has 1 aliphatic rings. The Hall–Kier alpha value is -1.83. The van der Waals surface area contributed by atoms with Gasteiger partial charge in [0, 0.05) is 31.4 Å². The van der Waals surface area contributed by atoms with Gasteiger partial charge in [-0.3, -0.25) is 0 Å². The van der Waals surface area contributed by atoms with Gasteiger partial charge >= 0.3 is 0 Å². The molecule has 4 nitrogen and oxygen atoms in total. The van der Waals surface area contributed by atoms with E-state index in [9.17, 15) is 4.39 Å². The van der Waals surface area contributed by atoms with E-state index >= 15 is 0 Å². The van der Waals surface area contributed by atoms with E-state index in [1.807, 2.05) is 19.1 Å². The lowest BCUT2D eigenvalue weighted by Crippen LogP contribution is -2.44. The molecular formula is C20H26FIN4. The molecule has 0 amide bonds. The summed E-state index contributed by atoms with van der Waals surface area (Å²) in [7, 11) is 0. The van der Waals surface area contributed by atoms with Gasteiger partial charge in [0.1, 0.15) is 5.82 Å². The van der Waals surface area contributed by atoms with Crippen LogP contribution in [0, 0.1) is 5.82 Å². The Morgan fingerprint density at radius 1 is 1.19 bits per heavy atom. The van der Waals surface area contributed by atoms with Gasteiger partial charge in [0.05, 0.1) is 6.54 Å². The first kappa shape index (κ1) is 20.5. The van der Waals surface area contributed by atoms with Gasteiger partial charge in [0.15, 0.2) is 5.96 Å². The molecule has 1 heterocycles. The van der Waals surface area contributed by atoms with Crippen molar-refractivity contribution in [1.29, 1.82) is 0 Å². The predicted octanol–water partition coefficient (Wildman–Crippen LogP) is 3.78. The van der Waals surface area contributed by atoms with Gasteiger partial charge in [-0.2, -0.15) is 0 Å². The summed E-state index contributed by atoms with van der Waals surface area (Å²) >= 11 is 0. The van der Waals surface area contributed by atoms with Crippen LogP contribution < -0.4 is 15.5 Å². The molecule has 0 bridgehead atoms. The Kier molecular flexibility index (Phi) is 8.15. The largest absolute Gasteiger partial charge is 0.369 e. The first-order valence-electron chi connectivity index (χ1n) is 8.84. The molecule has 2 aromatic rings. The summed E-state index contributed by atoms with van der Waals surface area (Å²) in [4.78, 5) is 6.98. The molecule has 1 atom stereocenters. The smallest absolute Gasteiger partial charge is 0.191 e. The Bertz CT molecular complexity index is 708. The van der Waals surface area contributed by atoms with E-state index < -0.39 is 0 Å². The average molecular weight is 468 g/mol. The number of nitrogens with zero attached hydrogens (tertiary/aromatic N) is 2. The lowest BCUT2D eigenvalue weighted by atomic mass is 10.2. The Labute approximate surface area is 171 Å². The monoisotopic (exact) mass is 468 g/mol. The van der Waals surface area contributed by atoms with E-state index in [1.165, 1.54) is 17.8 Å². The fraction of sp³-hybridized carbons (Fsp3) is 0.350. The lowest BCUT2D eigenvalue weighted by Gasteiger charge is -2.20. The van der Waals surface area contributed by atoms with Crippen molar-refractivity contribution in [3.8, 4) is 0 Å². The first-order chi connectivity index (χ1) is 12.2. The Morgan fingerprint density at radius 2 is 2.00 bits per heavy atom. The molecule has 0 radical (unpaired) electrons. The number of anilines is 1. The van der Waals surface area contributed by atoms with Crippen LogP contribution in [0.5, 0.6) is 0 Å². The van der Waals surface area contributed by atoms with Crippen molar-refractivity contribution in [2.75, 3.05) is 24.5 Å². The third-order valence-electron chi connectivity index (χ3n) is 4.30. The molecule has 140 valence electrons. The summed E-state index contributed by atoms with van der Waals surface area (Å²) in [6.07, 6.45) is 1.07. The first-order valence-corrected chi connectivity index (χ1v) is 8.84. The highest BCUT2D eigenvalue weighted by molar-refractivity contribution is 14.0. The van der Waals surface area contributed by atoms with E-state index in [4.69, 9.17) is 0 Å². The Morgan fingerprint density at radius 3 is 2.73 bits per heavy atom. The summed E-state index contributed by atoms with van der Waals surface area (Å²) in [5.41, 5.74) is 2.13. The van der Waals surface area contributed by atoms with Crippen molar-refractivity contribution in [1.82, 2.24) is 10.6 Å². The predicted molar refractivity (Wildman–Crippen MR) is 117 cm³/mol. The second-order valence-electron chi connectivity index (χ2n) is 6.24. The summed E-state index contributed by atoms with van der Waals surface area (Å²) in [6, 6.07) is 17.4. The minimum atomic E-state index is -0.222. The topological polar surface area (TPSA) is 39.7 Å². The van der Waals surface area contributed by atoms with Crippen molar-refractivity contribution < 1.29 is 4.39 Å². The van der Waals surface area contributed by atoms with Gasteiger partial charge in [-0.1, -0.05) is 30.3 Å². The van der Waals surface area contributed by atoms with Crippen molar-refractivity contribution in [3.05, 3.63) is 66.0 Å². The molecular weight excluding hydrogens is 442 g/mol. The standard InChI is InChI=1S/C20H25FN4.HI/c1-2-22-20(23-14-16-7-6-8-17(21)13-16)24-18-11-12-25(15-18)19-9-4-3-5-10-19;/h3-10,13,18H,2,11-12,14-15H2,1H3,(H2,22,23,24);1H. The molecule has 1 aliphatic heterocycles. The summed E-state index contributed by atoms with van der Waals surface area (Å²) in [6.45, 7) is 5.29. The molecule has 6 heteroatoms. The van der Waals surface area contributed by atoms with Crippen LogP contribution in [0.4, 0.5) is 10.1 Å². The van der Waals surface area contributed by atoms with Crippen LogP contribution in [0.2, 0.25) is 0 Å². The molecule has 2 aromatic carbocycles. The number of benzene rings is 2. The highest BCUT2D eigenvalue weighted by atomic mass is 127. The molecule has 0 saturated carbocycles. The fourth-order valence-electron chi connectivity index (χ4n) is 3.07. The molecule has 1 saturated heterocycles. The van der Waals surface area contributed by atoms with Gasteiger partial charge in [-0.15, -0.1) is 24.0 Å². The van der Waals surface area contributed by atoms with Crippen LogP contribution in [-0.4, -0.2) is 31.6 Å². The number of aliphatic imine (C=N–C) groups is 1. The maximum atomic E-state index is 13.3. The maximum Gasteiger partial charge on any atom is 0.191 e. The molecule has 0 aromatic heterocycles. The summed E-state index contributed by atoms with van der Waals surface area (Å²) in [5, 5.41) is 6.78. The van der Waals surface area contributed by atoms with Crippen LogP contribution in [0.1, 0.15) is 18.9 Å². The normalized spacial score (nSPS) is 16.9. The zero-order valence-corrected chi connectivity index (χ0v) is 17.3. The average Bonchev–Trinajstić information content (AvgIpc) is 3.09. The third kappa shape index (κ3) is 5.86. The van der Waals surface area contributed by atoms with Crippen molar-refractivity contribution in [3.63, 3.8) is 0 Å². The number of guanidine groups is 1. The second-order valence-corrected chi connectivity index (χ2v) is 6.24. The molecule has 1 fully saturated rings. The second kappa shape index (κ2) is 10.4. The van der Waals surface area contributed by atoms with Crippen molar-refractivity contribution in [2.45, 2.75) is 25.9 Å². The zero-order chi connectivity index (χ0) is 17.5. The zero-order valence-electron chi connectivity index (χ0n) is 15.0. The van der Waals surface area contributed by atoms with Crippen molar-refractivity contribution >= 4 is 35.6 Å². The van der Waals surface area contributed by atoms with E-state index in [-0.39, 0.29) is 29.8 Å². The summed E-state index contributed by atoms with van der Waals surface area (Å²) in [5.74, 6) is 0.562. The molecule has 26 heavy (non-hydrogen) atoms. The fourth-order valence-corrected chi connectivity index (χ4v) is 3.07. The van der Waals surface area contributed by atoms with Gasteiger partial charge in [0.25, 0.3) is 0 Å². The molecule has 0 aliphatic carbocycles. The lowest BCUT2D eigenvalue weighted by molar-refractivity contribution is 0.625. The number of hydrogen-bond acceptors (Lipinski definition) is 2. The van der Waals surface area contributed by atoms with Gasteiger partial charge in [-0.05, 0) is 43.2 Å². The van der Waals surface area contributed by atoms with Crippen molar-refractivity contribution in [2.24, 2.45) is 4.99 Å². The van der Waals surface area contributed by atoms with Crippen LogP contribution in [0.3, 0.4) is 0 Å². The number of nitrogens with one attached hydrogen (secondary N) is 2. The van der Waals surface area contributed by atoms with Crippen LogP contribution in [0.15, 0.2) is 59.6 Å². The summed E-state index contributed by atoms with van der Waals surface area (Å²) < 4.78 is 13.3. The van der Waals surface area contributed by atoms with E-state index in [2.05, 4.69) is 44.8 Å². The molecule has 0 spiro atoms. The minimum Gasteiger partial charge on any atom is -0.369 e. The maximum absolute atomic E-state index is 13.3. The van der Waals surface area contributed by atoms with E-state index in [1.54, 1.807) is 6.07 Å². The molecule has 2 N–H and O–H groups in total. The highest BCUT2D eigenvalue weighted by Gasteiger charge is 2.23. The quantitative estimate of drug-likeness (QED) is 0.399. The number of rotatable bonds is 5. The Balaban J connectivity index is 0.00000243. The van der Waals surface area contributed by atoms with Crippen LogP contribution in [0.25, 0.3) is 0 Å². The number of para-hydroxylation sites is 1. The van der Waals surface area contributed by atoms with E-state index in [0.717, 1.165) is 37.6 Å². The van der Waals surface area contributed by atoms with Gasteiger partial charge < -0.3 is 15.5 Å². The van der Waals surface area contributed by atoms with E-state index in [0.29, 0.717) is 12.6 Å². The minimum absolute atomic E-state index is 0. The molecule has 1 unspecified atom stereocenters. The number of halogens is 2. The van der Waals surface area contributed by atoms with Crippen LogP contribution in [-0.2, 0) is 6.54 Å². The highest BCUT2D eigenvalue weighted by Crippen LogP contribution is 2.19. The number of hydrogen-bond donors (Lipinski definition) is 2. The molecule has 3 rings (SSSR count). The third-order valence-corrected chi connectivity index (χ3v) is 4.30. The van der Waals surface area contributed by atoms with Crippen LogP contribution >= 0.6 is 24.0 Å². The van der Waals surface area contributed by atoms with Gasteiger partial charge in [0.2, 0.25) is 0 Å². The SMILES string of the molecule is CCNC(=NCc1cccc(F)c1)NC1CCN(c2ccccc2)C1.I. The van der Waals surface area contributed by atoms with Gasteiger partial charge in [-0.25, -0.2) is 9.38 Å².